The molecular formula is C18H23FN4O. The number of anilines is 1. The normalized spacial score (nSPS) is 17.8. The third kappa shape index (κ3) is 4.00. The predicted molar refractivity (Wildman–Crippen MR) is 91.8 cm³/mol. The highest BCUT2D eigenvalue weighted by molar-refractivity contribution is 5.38. The molecule has 1 atom stereocenters. The van der Waals surface area contributed by atoms with Crippen molar-refractivity contribution in [1.82, 2.24) is 15.5 Å². The highest BCUT2D eigenvalue weighted by atomic mass is 19.1. The first kappa shape index (κ1) is 16.6. The van der Waals surface area contributed by atoms with Gasteiger partial charge in [0.15, 0.2) is 17.4 Å². The quantitative estimate of drug-likeness (QED) is 0.913. The molecule has 1 saturated heterocycles. The number of hydrogen-bond donors (Lipinski definition) is 1. The molecule has 5 nitrogen and oxygen atoms in total. The van der Waals surface area contributed by atoms with Crippen molar-refractivity contribution in [1.29, 1.82) is 0 Å². The van der Waals surface area contributed by atoms with Gasteiger partial charge in [-0.25, -0.2) is 4.39 Å². The molecule has 0 amide bonds. The summed E-state index contributed by atoms with van der Waals surface area (Å²) in [7, 11) is 1.47. The Morgan fingerprint density at radius 3 is 2.88 bits per heavy atom. The molecule has 0 unspecified atom stereocenters. The average molecular weight is 330 g/mol. The molecule has 0 aliphatic carbocycles. The fourth-order valence-corrected chi connectivity index (χ4v) is 2.99. The molecule has 24 heavy (non-hydrogen) atoms. The minimum absolute atomic E-state index is 0.278. The van der Waals surface area contributed by atoms with Crippen LogP contribution in [0.25, 0.3) is 0 Å². The molecule has 128 valence electrons. The van der Waals surface area contributed by atoms with E-state index in [1.165, 1.54) is 13.2 Å². The van der Waals surface area contributed by atoms with Crippen LogP contribution in [0.3, 0.4) is 0 Å². The number of aryl methyl sites for hydroxylation is 1. The lowest BCUT2D eigenvalue weighted by atomic mass is 10.1. The molecule has 0 spiro atoms. The maximum absolute atomic E-state index is 13.8. The van der Waals surface area contributed by atoms with E-state index in [4.69, 9.17) is 4.74 Å². The predicted octanol–water partition coefficient (Wildman–Crippen LogP) is 2.69. The second-order valence-electron chi connectivity index (χ2n) is 6.17. The molecule has 1 N–H and O–H groups in total. The maximum atomic E-state index is 13.8. The zero-order chi connectivity index (χ0) is 16.9. The summed E-state index contributed by atoms with van der Waals surface area (Å²) in [6, 6.07) is 9.44. The van der Waals surface area contributed by atoms with E-state index in [0.29, 0.717) is 12.6 Å². The summed E-state index contributed by atoms with van der Waals surface area (Å²) in [4.78, 5) is 2.25. The second kappa shape index (κ2) is 7.57. The van der Waals surface area contributed by atoms with Crippen LogP contribution in [0.15, 0.2) is 30.3 Å². The number of ether oxygens (including phenoxy) is 1. The van der Waals surface area contributed by atoms with Gasteiger partial charge in [-0.3, -0.25) is 0 Å². The third-order valence-electron chi connectivity index (χ3n) is 4.34. The Labute approximate surface area is 141 Å². The summed E-state index contributed by atoms with van der Waals surface area (Å²) >= 11 is 0. The smallest absolute Gasteiger partial charge is 0.165 e. The Morgan fingerprint density at radius 2 is 2.17 bits per heavy atom. The number of aromatic nitrogens is 2. The van der Waals surface area contributed by atoms with Gasteiger partial charge in [0.1, 0.15) is 0 Å². The second-order valence-corrected chi connectivity index (χ2v) is 6.17. The van der Waals surface area contributed by atoms with Crippen LogP contribution in [0.4, 0.5) is 10.2 Å². The molecule has 2 heterocycles. The van der Waals surface area contributed by atoms with Gasteiger partial charge in [-0.2, -0.15) is 5.10 Å². The monoisotopic (exact) mass is 330 g/mol. The number of hydrogen-bond acceptors (Lipinski definition) is 5. The topological polar surface area (TPSA) is 50.3 Å². The molecular weight excluding hydrogens is 307 g/mol. The third-order valence-corrected chi connectivity index (χ3v) is 4.34. The van der Waals surface area contributed by atoms with Gasteiger partial charge in [0.25, 0.3) is 0 Å². The lowest BCUT2D eigenvalue weighted by Crippen LogP contribution is -2.45. The molecule has 1 aromatic carbocycles. The Balaban J connectivity index is 1.57. The SMILES string of the molecule is COc1ccc(CN[C@H]2CCCN(c3ccc(C)nn3)C2)cc1F. The Kier molecular flexibility index (Phi) is 5.25. The fraction of sp³-hybridized carbons (Fsp3) is 0.444. The zero-order valence-corrected chi connectivity index (χ0v) is 14.1. The molecule has 0 radical (unpaired) electrons. The number of rotatable bonds is 5. The first-order chi connectivity index (χ1) is 11.7. The number of benzene rings is 1. The van der Waals surface area contributed by atoms with E-state index in [1.54, 1.807) is 6.07 Å². The van der Waals surface area contributed by atoms with Crippen LogP contribution in [0.2, 0.25) is 0 Å². The van der Waals surface area contributed by atoms with Crippen molar-refractivity contribution in [2.45, 2.75) is 32.4 Å². The first-order valence-corrected chi connectivity index (χ1v) is 8.27. The molecule has 1 aliphatic heterocycles. The van der Waals surface area contributed by atoms with Crippen molar-refractivity contribution in [3.8, 4) is 5.75 Å². The van der Waals surface area contributed by atoms with Crippen LogP contribution >= 0.6 is 0 Å². The lowest BCUT2D eigenvalue weighted by molar-refractivity contribution is 0.385. The highest BCUT2D eigenvalue weighted by Crippen LogP contribution is 2.19. The average Bonchev–Trinajstić information content (AvgIpc) is 2.61. The molecule has 6 heteroatoms. The van der Waals surface area contributed by atoms with Crippen LogP contribution in [-0.2, 0) is 6.54 Å². The molecule has 1 aromatic heterocycles. The van der Waals surface area contributed by atoms with Crippen molar-refractivity contribution < 1.29 is 9.13 Å². The maximum Gasteiger partial charge on any atom is 0.165 e. The van der Waals surface area contributed by atoms with Gasteiger partial charge in [-0.15, -0.1) is 5.10 Å². The molecule has 1 aliphatic rings. The Morgan fingerprint density at radius 1 is 1.29 bits per heavy atom. The Hall–Kier alpha value is -2.21. The molecule has 0 bridgehead atoms. The number of nitrogens with one attached hydrogen (secondary N) is 1. The van der Waals surface area contributed by atoms with E-state index in [0.717, 1.165) is 43.0 Å². The minimum Gasteiger partial charge on any atom is -0.494 e. The van der Waals surface area contributed by atoms with Gasteiger partial charge in [-0.05, 0) is 49.6 Å². The van der Waals surface area contributed by atoms with Crippen LogP contribution in [0.1, 0.15) is 24.1 Å². The van der Waals surface area contributed by atoms with Crippen molar-refractivity contribution in [2.24, 2.45) is 0 Å². The molecule has 0 saturated carbocycles. The van der Waals surface area contributed by atoms with Crippen LogP contribution in [0.5, 0.6) is 5.75 Å². The van der Waals surface area contributed by atoms with E-state index in [-0.39, 0.29) is 11.6 Å². The van der Waals surface area contributed by atoms with E-state index >= 15 is 0 Å². The van der Waals surface area contributed by atoms with E-state index in [2.05, 4.69) is 20.4 Å². The van der Waals surface area contributed by atoms with Gasteiger partial charge in [0.2, 0.25) is 0 Å². The van der Waals surface area contributed by atoms with Crippen LogP contribution < -0.4 is 15.0 Å². The van der Waals surface area contributed by atoms with Gasteiger partial charge in [0.05, 0.1) is 12.8 Å². The number of piperidine rings is 1. The summed E-state index contributed by atoms with van der Waals surface area (Å²) in [5.41, 5.74) is 1.84. The lowest BCUT2D eigenvalue weighted by Gasteiger charge is -2.33. The molecule has 3 rings (SSSR count). The summed E-state index contributed by atoms with van der Waals surface area (Å²) in [6.45, 7) is 4.45. The van der Waals surface area contributed by atoms with Crippen molar-refractivity contribution in [3.05, 3.63) is 47.4 Å². The summed E-state index contributed by atoms with van der Waals surface area (Å²) in [6.07, 6.45) is 2.21. The minimum atomic E-state index is -0.322. The number of nitrogens with zero attached hydrogens (tertiary/aromatic N) is 3. The largest absolute Gasteiger partial charge is 0.494 e. The highest BCUT2D eigenvalue weighted by Gasteiger charge is 2.20. The van der Waals surface area contributed by atoms with Gasteiger partial charge >= 0.3 is 0 Å². The summed E-state index contributed by atoms with van der Waals surface area (Å²) < 4.78 is 18.7. The summed E-state index contributed by atoms with van der Waals surface area (Å²) in [5, 5.41) is 11.9. The Bertz CT molecular complexity index is 677. The molecule has 2 aromatic rings. The van der Waals surface area contributed by atoms with E-state index < -0.39 is 0 Å². The van der Waals surface area contributed by atoms with Gasteiger partial charge < -0.3 is 15.0 Å². The van der Waals surface area contributed by atoms with Crippen LogP contribution in [0, 0.1) is 12.7 Å². The van der Waals surface area contributed by atoms with E-state index in [1.807, 2.05) is 25.1 Å². The van der Waals surface area contributed by atoms with E-state index in [9.17, 15) is 4.39 Å². The van der Waals surface area contributed by atoms with Crippen LogP contribution in [-0.4, -0.2) is 36.4 Å². The number of halogens is 1. The first-order valence-electron chi connectivity index (χ1n) is 8.27. The summed E-state index contributed by atoms with van der Waals surface area (Å²) in [5.74, 6) is 0.875. The molecule has 1 fully saturated rings. The zero-order valence-electron chi connectivity index (χ0n) is 14.1. The van der Waals surface area contributed by atoms with Gasteiger partial charge in [-0.1, -0.05) is 6.07 Å². The fourth-order valence-electron chi connectivity index (χ4n) is 2.99. The van der Waals surface area contributed by atoms with Gasteiger partial charge in [0, 0.05) is 25.7 Å². The van der Waals surface area contributed by atoms with Crippen molar-refractivity contribution in [2.75, 3.05) is 25.1 Å². The van der Waals surface area contributed by atoms with Crippen molar-refractivity contribution >= 4 is 5.82 Å². The standard InChI is InChI=1S/C18H23FN4O/c1-13-5-8-18(22-21-13)23-9-3-4-15(12-23)20-11-14-6-7-17(24-2)16(19)10-14/h5-8,10,15,20H,3-4,9,11-12H2,1-2H3/t15-/m0/s1. The number of methoxy groups -OCH3 is 1. The van der Waals surface area contributed by atoms with Crippen molar-refractivity contribution in [3.63, 3.8) is 0 Å².